The first-order valence-corrected chi connectivity index (χ1v) is 11.8. The van der Waals surface area contributed by atoms with E-state index in [9.17, 15) is 19.2 Å². The number of aryl methyl sites for hydroxylation is 1. The number of likely N-dealkylation sites (tertiary alicyclic amines) is 1. The van der Waals surface area contributed by atoms with Gasteiger partial charge in [-0.2, -0.15) is 0 Å². The molecule has 2 fully saturated rings. The number of ketones is 1. The van der Waals surface area contributed by atoms with Crippen LogP contribution in [0.1, 0.15) is 67.4 Å². The number of nitrogens with one attached hydrogen (secondary N) is 1. The van der Waals surface area contributed by atoms with Crippen molar-refractivity contribution in [3.8, 4) is 0 Å². The molecule has 1 aromatic rings. The zero-order valence-corrected chi connectivity index (χ0v) is 19.1. The summed E-state index contributed by atoms with van der Waals surface area (Å²) in [6, 6.07) is 5.13. The molecule has 2 saturated heterocycles. The highest BCUT2D eigenvalue weighted by Gasteiger charge is 2.39. The molecule has 7 heteroatoms. The molecule has 32 heavy (non-hydrogen) atoms. The molecule has 3 aliphatic heterocycles. The number of fused-ring (bicyclic) bond motifs is 1. The molecular formula is C25H33N3O4. The van der Waals surface area contributed by atoms with E-state index in [1.807, 2.05) is 18.2 Å². The maximum Gasteiger partial charge on any atom is 0.255 e. The average Bonchev–Trinajstić information content (AvgIpc) is 3.08. The maximum atomic E-state index is 12.8. The van der Waals surface area contributed by atoms with E-state index < -0.39 is 11.9 Å². The Kier molecular flexibility index (Phi) is 6.74. The Morgan fingerprint density at radius 2 is 1.88 bits per heavy atom. The number of benzene rings is 1. The van der Waals surface area contributed by atoms with Gasteiger partial charge in [-0.15, -0.1) is 0 Å². The highest BCUT2D eigenvalue weighted by Crippen LogP contribution is 2.29. The summed E-state index contributed by atoms with van der Waals surface area (Å²) in [5.74, 6) is 0.319. The zero-order valence-electron chi connectivity index (χ0n) is 19.1. The summed E-state index contributed by atoms with van der Waals surface area (Å²) >= 11 is 0. The number of hydrogen-bond donors (Lipinski definition) is 1. The van der Waals surface area contributed by atoms with Crippen molar-refractivity contribution in [2.75, 3.05) is 19.6 Å². The number of amides is 3. The van der Waals surface area contributed by atoms with Gasteiger partial charge in [0.1, 0.15) is 11.8 Å². The second-order valence-corrected chi connectivity index (χ2v) is 9.83. The van der Waals surface area contributed by atoms with E-state index in [1.165, 1.54) is 0 Å². The van der Waals surface area contributed by atoms with Gasteiger partial charge in [0.15, 0.2) is 0 Å². The minimum absolute atomic E-state index is 0.162. The quantitative estimate of drug-likeness (QED) is 0.659. The van der Waals surface area contributed by atoms with Crippen molar-refractivity contribution in [1.29, 1.82) is 0 Å². The van der Waals surface area contributed by atoms with Crippen LogP contribution in [0, 0.1) is 11.8 Å². The Bertz CT molecular complexity index is 918. The molecule has 0 spiro atoms. The van der Waals surface area contributed by atoms with Crippen molar-refractivity contribution in [3.63, 3.8) is 0 Å². The van der Waals surface area contributed by atoms with Gasteiger partial charge in [-0.25, -0.2) is 0 Å². The number of imide groups is 1. The Morgan fingerprint density at radius 1 is 1.12 bits per heavy atom. The van der Waals surface area contributed by atoms with Gasteiger partial charge in [-0.05, 0) is 61.9 Å². The molecule has 3 aliphatic rings. The Hall–Kier alpha value is -2.54. The third-order valence-corrected chi connectivity index (χ3v) is 6.91. The molecule has 1 N–H and O–H groups in total. The minimum Gasteiger partial charge on any atom is -0.322 e. The lowest BCUT2D eigenvalue weighted by atomic mass is 9.89. The van der Waals surface area contributed by atoms with E-state index >= 15 is 0 Å². The normalized spacial score (nSPS) is 22.4. The van der Waals surface area contributed by atoms with Crippen LogP contribution in [0.5, 0.6) is 0 Å². The van der Waals surface area contributed by atoms with E-state index in [0.29, 0.717) is 43.1 Å². The fourth-order valence-corrected chi connectivity index (χ4v) is 5.21. The second kappa shape index (κ2) is 9.53. The van der Waals surface area contributed by atoms with Crippen molar-refractivity contribution in [2.45, 2.75) is 65.0 Å². The maximum absolute atomic E-state index is 12.8. The molecule has 172 valence electrons. The third-order valence-electron chi connectivity index (χ3n) is 6.91. The van der Waals surface area contributed by atoms with Crippen molar-refractivity contribution in [1.82, 2.24) is 15.1 Å². The van der Waals surface area contributed by atoms with Gasteiger partial charge in [0, 0.05) is 37.4 Å². The van der Waals surface area contributed by atoms with Crippen LogP contribution in [0.4, 0.5) is 0 Å². The van der Waals surface area contributed by atoms with Gasteiger partial charge in [-0.1, -0.05) is 26.0 Å². The minimum atomic E-state index is -0.598. The van der Waals surface area contributed by atoms with Crippen molar-refractivity contribution in [2.24, 2.45) is 11.8 Å². The first kappa shape index (κ1) is 22.6. The van der Waals surface area contributed by atoms with Crippen LogP contribution in [0.25, 0.3) is 0 Å². The van der Waals surface area contributed by atoms with Gasteiger partial charge in [0.25, 0.3) is 5.91 Å². The number of carbonyl (C=O) groups excluding carboxylic acids is 4. The highest BCUT2D eigenvalue weighted by molar-refractivity contribution is 6.05. The highest BCUT2D eigenvalue weighted by atomic mass is 16.2. The fraction of sp³-hybridized carbons (Fsp3) is 0.600. The predicted octanol–water partition coefficient (Wildman–Crippen LogP) is 2.32. The summed E-state index contributed by atoms with van der Waals surface area (Å²) in [6.45, 7) is 7.94. The Morgan fingerprint density at radius 3 is 2.56 bits per heavy atom. The van der Waals surface area contributed by atoms with Crippen LogP contribution in [0.15, 0.2) is 18.2 Å². The van der Waals surface area contributed by atoms with Crippen LogP contribution >= 0.6 is 0 Å². The molecule has 0 saturated carbocycles. The van der Waals surface area contributed by atoms with Gasteiger partial charge >= 0.3 is 0 Å². The monoisotopic (exact) mass is 439 g/mol. The smallest absolute Gasteiger partial charge is 0.255 e. The summed E-state index contributed by atoms with van der Waals surface area (Å²) in [7, 11) is 0. The molecule has 7 nitrogen and oxygen atoms in total. The third kappa shape index (κ3) is 4.93. The summed E-state index contributed by atoms with van der Waals surface area (Å²) in [5, 5.41) is 2.33. The lowest BCUT2D eigenvalue weighted by molar-refractivity contribution is -0.137. The first-order chi connectivity index (χ1) is 15.3. The Balaban J connectivity index is 1.31. The molecule has 0 aliphatic carbocycles. The first-order valence-electron chi connectivity index (χ1n) is 11.8. The van der Waals surface area contributed by atoms with E-state index in [1.54, 1.807) is 4.90 Å². The van der Waals surface area contributed by atoms with Crippen LogP contribution < -0.4 is 5.32 Å². The number of nitrogens with zero attached hydrogens (tertiary/aromatic N) is 2. The van der Waals surface area contributed by atoms with Gasteiger partial charge in [0.2, 0.25) is 11.8 Å². The molecule has 3 heterocycles. The number of rotatable bonds is 7. The van der Waals surface area contributed by atoms with E-state index in [0.717, 1.165) is 43.6 Å². The fourth-order valence-electron chi connectivity index (χ4n) is 5.21. The topological polar surface area (TPSA) is 86.8 Å². The lowest BCUT2D eigenvalue weighted by Gasteiger charge is -2.32. The van der Waals surface area contributed by atoms with Crippen LogP contribution in [-0.2, 0) is 27.3 Å². The predicted molar refractivity (Wildman–Crippen MR) is 120 cm³/mol. The Labute approximate surface area is 189 Å². The van der Waals surface area contributed by atoms with Crippen molar-refractivity contribution < 1.29 is 19.2 Å². The van der Waals surface area contributed by atoms with Gasteiger partial charge < -0.3 is 9.80 Å². The van der Waals surface area contributed by atoms with Crippen LogP contribution in [0.2, 0.25) is 0 Å². The van der Waals surface area contributed by atoms with E-state index in [-0.39, 0.29) is 24.2 Å². The van der Waals surface area contributed by atoms with Gasteiger partial charge in [-0.3, -0.25) is 24.5 Å². The number of carbonyl (C=O) groups is 4. The molecule has 1 aromatic carbocycles. The molecule has 0 radical (unpaired) electrons. The summed E-state index contributed by atoms with van der Waals surface area (Å²) in [5.41, 5.74) is 2.56. The number of piperidine rings is 2. The summed E-state index contributed by atoms with van der Waals surface area (Å²) in [4.78, 5) is 53.2. The molecule has 0 bridgehead atoms. The van der Waals surface area contributed by atoms with Crippen molar-refractivity contribution in [3.05, 3.63) is 34.9 Å². The van der Waals surface area contributed by atoms with Gasteiger partial charge in [0.05, 0.1) is 0 Å². The lowest BCUT2D eigenvalue weighted by Crippen LogP contribution is -2.52. The van der Waals surface area contributed by atoms with E-state index in [4.69, 9.17) is 0 Å². The number of hydrogen-bond acceptors (Lipinski definition) is 5. The average molecular weight is 440 g/mol. The van der Waals surface area contributed by atoms with Crippen LogP contribution in [0.3, 0.4) is 0 Å². The summed E-state index contributed by atoms with van der Waals surface area (Å²) in [6.07, 6.45) is 3.71. The van der Waals surface area contributed by atoms with Crippen molar-refractivity contribution >= 4 is 23.5 Å². The SMILES string of the molecule is CC(C)CN1CCC(C(=O)CCc2ccc3c(c2)CN(C2CCC(=O)NC2=O)C3=O)CC1. The zero-order chi connectivity index (χ0) is 22.8. The van der Waals surface area contributed by atoms with Crippen LogP contribution in [-0.4, -0.2) is 59.0 Å². The molecule has 4 rings (SSSR count). The molecule has 1 unspecified atom stereocenters. The molecule has 1 atom stereocenters. The molecule has 3 amide bonds. The van der Waals surface area contributed by atoms with E-state index in [2.05, 4.69) is 24.1 Å². The summed E-state index contributed by atoms with van der Waals surface area (Å²) < 4.78 is 0. The number of Topliss-reactive ketones (excluding diaryl/α,β-unsaturated/α-hetero) is 1. The standard InChI is InChI=1S/C25H33N3O4/c1-16(2)14-27-11-9-18(10-12-27)22(29)7-4-17-3-5-20-19(13-17)15-28(25(20)32)21-6-8-23(30)26-24(21)31/h3,5,13,16,18,21H,4,6-12,14-15H2,1-2H3,(H,26,30,31). The molecular weight excluding hydrogens is 406 g/mol. The second-order valence-electron chi connectivity index (χ2n) is 9.83. The largest absolute Gasteiger partial charge is 0.322 e. The molecule has 0 aromatic heterocycles.